The summed E-state index contributed by atoms with van der Waals surface area (Å²) in [6, 6.07) is 2.13. The lowest BCUT2D eigenvalue weighted by atomic mass is 10.1. The van der Waals surface area contributed by atoms with Gasteiger partial charge in [-0.3, -0.25) is 0 Å². The normalized spacial score (nSPS) is 24.5. The van der Waals surface area contributed by atoms with Gasteiger partial charge < -0.3 is 11.1 Å². The third-order valence-corrected chi connectivity index (χ3v) is 1.97. The van der Waals surface area contributed by atoms with Crippen molar-refractivity contribution in [2.24, 2.45) is 5.73 Å². The summed E-state index contributed by atoms with van der Waals surface area (Å²) in [6.07, 6.45) is 9.46. The molecule has 0 spiro atoms. The van der Waals surface area contributed by atoms with Crippen LogP contribution in [0.1, 0.15) is 0 Å². The van der Waals surface area contributed by atoms with Crippen molar-refractivity contribution in [2.45, 2.75) is 6.04 Å². The molecule has 0 fully saturated rings. The Balaban J connectivity index is 2.39. The summed E-state index contributed by atoms with van der Waals surface area (Å²) in [5.41, 5.74) is 8.00. The Bertz CT molecular complexity index is 391. The molecule has 0 aromatic rings. The lowest BCUT2D eigenvalue weighted by Crippen LogP contribution is -2.27. The molecule has 2 aliphatic rings. The van der Waals surface area contributed by atoms with E-state index in [1.165, 1.54) is 0 Å². The van der Waals surface area contributed by atoms with Gasteiger partial charge in [-0.2, -0.15) is 5.26 Å². The first-order valence-electron chi connectivity index (χ1n) is 4.03. The minimum Gasteiger partial charge on any atom is -0.399 e. The van der Waals surface area contributed by atoms with Crippen molar-refractivity contribution in [3.05, 3.63) is 47.3 Å². The van der Waals surface area contributed by atoms with Gasteiger partial charge in [0.2, 0.25) is 0 Å². The van der Waals surface area contributed by atoms with Gasteiger partial charge in [0.1, 0.15) is 11.8 Å². The Hall–Kier alpha value is -1.95. The number of nitriles is 1. The van der Waals surface area contributed by atoms with E-state index < -0.39 is 0 Å². The molecule has 0 saturated heterocycles. The van der Waals surface area contributed by atoms with Gasteiger partial charge in [0, 0.05) is 5.70 Å². The predicted molar refractivity (Wildman–Crippen MR) is 50.1 cm³/mol. The summed E-state index contributed by atoms with van der Waals surface area (Å²) in [4.78, 5) is 0. The third kappa shape index (κ3) is 1.47. The zero-order valence-electron chi connectivity index (χ0n) is 6.99. The molecule has 0 amide bonds. The maximum atomic E-state index is 8.72. The SMILES string of the molecule is N#CC1=CC2=CC(C=C(N)C=C2)N1. The fourth-order valence-electron chi connectivity index (χ4n) is 1.40. The molecule has 3 N–H and O–H groups in total. The van der Waals surface area contributed by atoms with Gasteiger partial charge >= 0.3 is 0 Å². The summed E-state index contributed by atoms with van der Waals surface area (Å²) < 4.78 is 0. The lowest BCUT2D eigenvalue weighted by Gasteiger charge is -2.15. The molecule has 0 radical (unpaired) electrons. The van der Waals surface area contributed by atoms with E-state index in [1.54, 1.807) is 6.08 Å². The second kappa shape index (κ2) is 2.83. The van der Waals surface area contributed by atoms with Gasteiger partial charge in [-0.25, -0.2) is 0 Å². The number of nitrogens with one attached hydrogen (secondary N) is 1. The molecule has 3 heteroatoms. The maximum Gasteiger partial charge on any atom is 0.117 e. The van der Waals surface area contributed by atoms with Gasteiger partial charge in [0.15, 0.2) is 0 Å². The fourth-order valence-corrected chi connectivity index (χ4v) is 1.40. The van der Waals surface area contributed by atoms with E-state index in [4.69, 9.17) is 11.0 Å². The van der Waals surface area contributed by atoms with Crippen LogP contribution in [-0.4, -0.2) is 6.04 Å². The molecular weight excluding hydrogens is 162 g/mol. The monoisotopic (exact) mass is 171 g/mol. The highest BCUT2D eigenvalue weighted by Gasteiger charge is 2.12. The number of rotatable bonds is 0. The molecule has 0 aromatic carbocycles. The van der Waals surface area contributed by atoms with Crippen LogP contribution in [-0.2, 0) is 0 Å². The van der Waals surface area contributed by atoms with Gasteiger partial charge in [-0.15, -0.1) is 0 Å². The first-order valence-corrected chi connectivity index (χ1v) is 4.03. The highest BCUT2D eigenvalue weighted by Crippen LogP contribution is 2.15. The summed E-state index contributed by atoms with van der Waals surface area (Å²) in [7, 11) is 0. The van der Waals surface area contributed by atoms with Crippen LogP contribution in [0, 0.1) is 11.3 Å². The highest BCUT2D eigenvalue weighted by molar-refractivity contribution is 5.47. The maximum absolute atomic E-state index is 8.72. The molecule has 1 atom stereocenters. The van der Waals surface area contributed by atoms with Crippen LogP contribution in [0.4, 0.5) is 0 Å². The topological polar surface area (TPSA) is 61.8 Å². The third-order valence-electron chi connectivity index (χ3n) is 1.97. The number of hydrogen-bond donors (Lipinski definition) is 2. The van der Waals surface area contributed by atoms with Gasteiger partial charge in [0.05, 0.1) is 6.04 Å². The molecule has 0 aromatic heterocycles. The fraction of sp³-hybridized carbons (Fsp3) is 0.100. The zero-order chi connectivity index (χ0) is 9.26. The molecule has 2 rings (SSSR count). The van der Waals surface area contributed by atoms with E-state index in [2.05, 4.69) is 11.4 Å². The van der Waals surface area contributed by atoms with Crippen molar-refractivity contribution in [1.29, 1.82) is 5.26 Å². The van der Waals surface area contributed by atoms with E-state index in [-0.39, 0.29) is 6.04 Å². The molecule has 0 saturated carbocycles. The molecule has 1 aliphatic carbocycles. The smallest absolute Gasteiger partial charge is 0.117 e. The number of hydrogen-bond acceptors (Lipinski definition) is 3. The van der Waals surface area contributed by atoms with Gasteiger partial charge in [-0.1, -0.05) is 12.2 Å². The predicted octanol–water partition coefficient (Wildman–Crippen LogP) is 0.704. The molecule has 64 valence electrons. The first-order chi connectivity index (χ1) is 6.28. The van der Waals surface area contributed by atoms with Crippen molar-refractivity contribution in [1.82, 2.24) is 5.32 Å². The summed E-state index contributed by atoms with van der Waals surface area (Å²) in [5, 5.41) is 11.8. The standard InChI is InChI=1S/C10H9N3/c11-6-10-4-7-1-2-8(12)5-9(3-7)13-10/h1-5,9,13H,12H2. The number of nitrogens with zero attached hydrogens (tertiary/aromatic N) is 1. The van der Waals surface area contributed by atoms with E-state index in [9.17, 15) is 0 Å². The molecule has 1 heterocycles. The average molecular weight is 171 g/mol. The zero-order valence-corrected chi connectivity index (χ0v) is 6.99. The molecule has 1 unspecified atom stereocenters. The molecular formula is C10H9N3. The molecule has 3 nitrogen and oxygen atoms in total. The number of fused-ring (bicyclic) bond motifs is 1. The van der Waals surface area contributed by atoms with Crippen LogP contribution in [0.2, 0.25) is 0 Å². The van der Waals surface area contributed by atoms with E-state index in [1.807, 2.05) is 24.3 Å². The van der Waals surface area contributed by atoms with Gasteiger partial charge in [0.25, 0.3) is 0 Å². The van der Waals surface area contributed by atoms with E-state index in [0.717, 1.165) is 11.3 Å². The molecule has 2 bridgehead atoms. The van der Waals surface area contributed by atoms with Gasteiger partial charge in [-0.05, 0) is 23.8 Å². The van der Waals surface area contributed by atoms with Crippen molar-refractivity contribution >= 4 is 0 Å². The van der Waals surface area contributed by atoms with Crippen LogP contribution in [0.15, 0.2) is 47.3 Å². The van der Waals surface area contributed by atoms with Crippen molar-refractivity contribution in [2.75, 3.05) is 0 Å². The summed E-state index contributed by atoms with van der Waals surface area (Å²) in [6.45, 7) is 0. The van der Waals surface area contributed by atoms with Crippen LogP contribution in [0.5, 0.6) is 0 Å². The minimum atomic E-state index is 0.0460. The Kier molecular flexibility index (Phi) is 1.67. The number of allylic oxidation sites excluding steroid dienone is 5. The number of nitrogens with two attached hydrogens (primary N) is 1. The summed E-state index contributed by atoms with van der Waals surface area (Å²) in [5.74, 6) is 0. The van der Waals surface area contributed by atoms with Crippen LogP contribution in [0.25, 0.3) is 0 Å². The van der Waals surface area contributed by atoms with E-state index >= 15 is 0 Å². The van der Waals surface area contributed by atoms with Crippen LogP contribution < -0.4 is 11.1 Å². The van der Waals surface area contributed by atoms with Crippen molar-refractivity contribution < 1.29 is 0 Å². The number of dihydropyridines is 1. The molecule has 13 heavy (non-hydrogen) atoms. The minimum absolute atomic E-state index is 0.0460. The van der Waals surface area contributed by atoms with Crippen molar-refractivity contribution in [3.63, 3.8) is 0 Å². The second-order valence-corrected chi connectivity index (χ2v) is 3.01. The lowest BCUT2D eigenvalue weighted by molar-refractivity contribution is 0.790. The Morgan fingerprint density at radius 2 is 2.23 bits per heavy atom. The summed E-state index contributed by atoms with van der Waals surface area (Å²) >= 11 is 0. The Morgan fingerprint density at radius 3 is 3.00 bits per heavy atom. The molecule has 1 aliphatic heterocycles. The average Bonchev–Trinajstić information content (AvgIpc) is 2.25. The van der Waals surface area contributed by atoms with Crippen molar-refractivity contribution in [3.8, 4) is 6.07 Å². The quantitative estimate of drug-likeness (QED) is 0.564. The first kappa shape index (κ1) is 7.69. The largest absolute Gasteiger partial charge is 0.399 e. The Labute approximate surface area is 76.5 Å². The van der Waals surface area contributed by atoms with Crippen LogP contribution in [0.3, 0.4) is 0 Å². The van der Waals surface area contributed by atoms with E-state index in [0.29, 0.717) is 5.70 Å². The highest BCUT2D eigenvalue weighted by atomic mass is 14.9. The second-order valence-electron chi connectivity index (χ2n) is 3.01. The Morgan fingerprint density at radius 1 is 1.38 bits per heavy atom. The van der Waals surface area contributed by atoms with Crippen LogP contribution >= 0.6 is 0 Å².